The van der Waals surface area contributed by atoms with Crippen molar-refractivity contribution in [1.82, 2.24) is 10.2 Å². The van der Waals surface area contributed by atoms with Gasteiger partial charge in [-0.05, 0) is 34.0 Å². The lowest BCUT2D eigenvalue weighted by Gasteiger charge is -2.18. The van der Waals surface area contributed by atoms with E-state index in [1.54, 1.807) is 0 Å². The van der Waals surface area contributed by atoms with E-state index in [1.807, 2.05) is 25.9 Å². The summed E-state index contributed by atoms with van der Waals surface area (Å²) in [6, 6.07) is 0.209. The minimum absolute atomic E-state index is 0.0970. The van der Waals surface area contributed by atoms with Gasteiger partial charge in [0, 0.05) is 19.0 Å². The molecule has 0 saturated heterocycles. The molecular formula is C9H21N3O. The van der Waals surface area contributed by atoms with Crippen LogP contribution in [0.4, 0.5) is 0 Å². The molecule has 0 radical (unpaired) electrons. The van der Waals surface area contributed by atoms with Crippen LogP contribution in [0.2, 0.25) is 0 Å². The molecular weight excluding hydrogens is 166 g/mol. The van der Waals surface area contributed by atoms with Gasteiger partial charge in [-0.3, -0.25) is 4.79 Å². The highest BCUT2D eigenvalue weighted by molar-refractivity contribution is 5.76. The van der Waals surface area contributed by atoms with E-state index in [0.717, 1.165) is 13.0 Å². The first-order valence-corrected chi connectivity index (χ1v) is 4.70. The van der Waals surface area contributed by atoms with Gasteiger partial charge in [0.1, 0.15) is 0 Å². The molecule has 0 saturated carbocycles. The minimum Gasteiger partial charge on any atom is -0.352 e. The lowest BCUT2D eigenvalue weighted by molar-refractivity contribution is -0.121. The fourth-order valence-electron chi connectivity index (χ4n) is 1.20. The Balaban J connectivity index is 3.53. The second kappa shape index (κ2) is 6.86. The molecule has 0 aliphatic rings. The Kier molecular flexibility index (Phi) is 6.54. The molecule has 78 valence electrons. The molecule has 3 N–H and O–H groups in total. The van der Waals surface area contributed by atoms with Gasteiger partial charge in [0.2, 0.25) is 5.91 Å². The van der Waals surface area contributed by atoms with Crippen LogP contribution in [0.5, 0.6) is 0 Å². The van der Waals surface area contributed by atoms with Crippen LogP contribution in [-0.2, 0) is 4.79 Å². The van der Waals surface area contributed by atoms with Crippen LogP contribution in [0.15, 0.2) is 0 Å². The maximum absolute atomic E-state index is 11.2. The Labute approximate surface area is 80.5 Å². The molecule has 0 spiro atoms. The quantitative estimate of drug-likeness (QED) is 0.605. The summed E-state index contributed by atoms with van der Waals surface area (Å²) in [7, 11) is 3.98. The maximum atomic E-state index is 11.2. The number of carbonyl (C=O) groups excluding carboxylic acids is 1. The monoisotopic (exact) mass is 187 g/mol. The molecule has 0 aromatic carbocycles. The molecule has 0 bridgehead atoms. The van der Waals surface area contributed by atoms with Crippen molar-refractivity contribution in [3.63, 3.8) is 0 Å². The van der Waals surface area contributed by atoms with E-state index in [9.17, 15) is 4.79 Å². The molecule has 0 heterocycles. The molecule has 0 rings (SSSR count). The van der Waals surface area contributed by atoms with Crippen LogP contribution < -0.4 is 11.1 Å². The Bertz CT molecular complexity index is 148. The van der Waals surface area contributed by atoms with Gasteiger partial charge in [-0.25, -0.2) is 0 Å². The molecule has 1 amide bonds. The standard InChI is InChI=1S/C9H21N3O/c1-8(7-12(2)3)11-9(13)5-4-6-10/h8H,4-7,10H2,1-3H3,(H,11,13). The Hall–Kier alpha value is -0.610. The second-order valence-corrected chi connectivity index (χ2v) is 3.62. The van der Waals surface area contributed by atoms with Gasteiger partial charge in [0.05, 0.1) is 0 Å². The molecule has 0 aromatic heterocycles. The summed E-state index contributed by atoms with van der Waals surface area (Å²) in [5.74, 6) is 0.0970. The normalized spacial score (nSPS) is 13.0. The number of nitrogens with one attached hydrogen (secondary N) is 1. The summed E-state index contributed by atoms with van der Waals surface area (Å²) in [5, 5.41) is 2.91. The lowest BCUT2D eigenvalue weighted by atomic mass is 10.2. The Morgan fingerprint density at radius 1 is 1.54 bits per heavy atom. The van der Waals surface area contributed by atoms with E-state index < -0.39 is 0 Å². The van der Waals surface area contributed by atoms with E-state index >= 15 is 0 Å². The molecule has 4 heteroatoms. The zero-order valence-corrected chi connectivity index (χ0v) is 8.84. The Morgan fingerprint density at radius 2 is 2.15 bits per heavy atom. The largest absolute Gasteiger partial charge is 0.352 e. The van der Waals surface area contributed by atoms with Crippen molar-refractivity contribution < 1.29 is 4.79 Å². The predicted molar refractivity (Wildman–Crippen MR) is 54.4 cm³/mol. The third-order valence-corrected chi connectivity index (χ3v) is 1.65. The molecule has 4 nitrogen and oxygen atoms in total. The Morgan fingerprint density at radius 3 is 2.62 bits per heavy atom. The van der Waals surface area contributed by atoms with Crippen LogP contribution in [0.25, 0.3) is 0 Å². The van der Waals surface area contributed by atoms with Crippen LogP contribution in [0.1, 0.15) is 19.8 Å². The molecule has 13 heavy (non-hydrogen) atoms. The SMILES string of the molecule is CC(CN(C)C)NC(=O)CCCN. The maximum Gasteiger partial charge on any atom is 0.220 e. The lowest BCUT2D eigenvalue weighted by Crippen LogP contribution is -2.39. The van der Waals surface area contributed by atoms with Crippen molar-refractivity contribution in [2.24, 2.45) is 5.73 Å². The first kappa shape index (κ1) is 12.4. The van der Waals surface area contributed by atoms with E-state index in [2.05, 4.69) is 5.32 Å². The fraction of sp³-hybridized carbons (Fsp3) is 0.889. The van der Waals surface area contributed by atoms with Gasteiger partial charge in [0.15, 0.2) is 0 Å². The van der Waals surface area contributed by atoms with Gasteiger partial charge in [0.25, 0.3) is 0 Å². The predicted octanol–water partition coefficient (Wildman–Crippen LogP) is -0.208. The van der Waals surface area contributed by atoms with E-state index in [-0.39, 0.29) is 11.9 Å². The summed E-state index contributed by atoms with van der Waals surface area (Å²) in [6.45, 7) is 3.45. The summed E-state index contributed by atoms with van der Waals surface area (Å²) in [5.41, 5.74) is 5.30. The minimum atomic E-state index is 0.0970. The molecule has 0 aliphatic heterocycles. The van der Waals surface area contributed by atoms with Gasteiger partial charge < -0.3 is 16.0 Å². The van der Waals surface area contributed by atoms with Crippen LogP contribution in [-0.4, -0.2) is 44.0 Å². The van der Waals surface area contributed by atoms with Gasteiger partial charge in [-0.1, -0.05) is 0 Å². The summed E-state index contributed by atoms with van der Waals surface area (Å²) >= 11 is 0. The molecule has 0 aliphatic carbocycles. The van der Waals surface area contributed by atoms with Gasteiger partial charge >= 0.3 is 0 Å². The molecule has 0 aromatic rings. The van der Waals surface area contributed by atoms with Crippen molar-refractivity contribution in [2.45, 2.75) is 25.8 Å². The van der Waals surface area contributed by atoms with E-state index in [0.29, 0.717) is 13.0 Å². The highest BCUT2D eigenvalue weighted by Gasteiger charge is 2.06. The third kappa shape index (κ3) is 7.74. The molecule has 1 atom stereocenters. The number of nitrogens with two attached hydrogens (primary N) is 1. The van der Waals surface area contributed by atoms with Crippen LogP contribution >= 0.6 is 0 Å². The van der Waals surface area contributed by atoms with Crippen molar-refractivity contribution in [2.75, 3.05) is 27.2 Å². The number of hydrogen-bond donors (Lipinski definition) is 2. The highest BCUT2D eigenvalue weighted by Crippen LogP contribution is 1.90. The van der Waals surface area contributed by atoms with Crippen molar-refractivity contribution in [3.05, 3.63) is 0 Å². The number of amides is 1. The van der Waals surface area contributed by atoms with E-state index in [1.165, 1.54) is 0 Å². The number of carbonyl (C=O) groups is 1. The number of hydrogen-bond acceptors (Lipinski definition) is 3. The van der Waals surface area contributed by atoms with Crippen molar-refractivity contribution in [1.29, 1.82) is 0 Å². The highest BCUT2D eigenvalue weighted by atomic mass is 16.1. The average Bonchev–Trinajstić information content (AvgIpc) is 1.98. The summed E-state index contributed by atoms with van der Waals surface area (Å²) in [6.07, 6.45) is 1.30. The number of rotatable bonds is 6. The number of likely N-dealkylation sites (N-methyl/N-ethyl adjacent to an activating group) is 1. The smallest absolute Gasteiger partial charge is 0.220 e. The van der Waals surface area contributed by atoms with Gasteiger partial charge in [-0.2, -0.15) is 0 Å². The van der Waals surface area contributed by atoms with Crippen molar-refractivity contribution in [3.8, 4) is 0 Å². The van der Waals surface area contributed by atoms with Crippen molar-refractivity contribution >= 4 is 5.91 Å². The zero-order chi connectivity index (χ0) is 10.3. The zero-order valence-electron chi connectivity index (χ0n) is 8.84. The topological polar surface area (TPSA) is 58.4 Å². The van der Waals surface area contributed by atoms with E-state index in [4.69, 9.17) is 5.73 Å². The van der Waals surface area contributed by atoms with Gasteiger partial charge in [-0.15, -0.1) is 0 Å². The summed E-state index contributed by atoms with van der Waals surface area (Å²) < 4.78 is 0. The molecule has 0 fully saturated rings. The molecule has 1 unspecified atom stereocenters. The third-order valence-electron chi connectivity index (χ3n) is 1.65. The second-order valence-electron chi connectivity index (χ2n) is 3.62. The number of nitrogens with zero attached hydrogens (tertiary/aromatic N) is 1. The van der Waals surface area contributed by atoms with Crippen LogP contribution in [0, 0.1) is 0 Å². The van der Waals surface area contributed by atoms with Crippen LogP contribution in [0.3, 0.4) is 0 Å². The fourth-order valence-corrected chi connectivity index (χ4v) is 1.20. The first-order chi connectivity index (χ1) is 6.06. The average molecular weight is 187 g/mol. The summed E-state index contributed by atoms with van der Waals surface area (Å²) in [4.78, 5) is 13.3. The first-order valence-electron chi connectivity index (χ1n) is 4.70.